The van der Waals surface area contributed by atoms with Crippen molar-refractivity contribution in [1.82, 2.24) is 4.90 Å². The Balaban J connectivity index is 1.54. The van der Waals surface area contributed by atoms with Crippen molar-refractivity contribution in [2.45, 2.75) is 37.8 Å². The van der Waals surface area contributed by atoms with Crippen molar-refractivity contribution in [3.05, 3.63) is 12.1 Å². The summed E-state index contributed by atoms with van der Waals surface area (Å²) in [7, 11) is 0. The number of hydrogen-bond donors (Lipinski definition) is 2. The maximum atomic E-state index is 6.18. The SMILES string of the molecule is Nc1cc2c(cc1NC1CCN3CCCCC13)OCCO2. The Kier molecular flexibility index (Phi) is 3.30. The van der Waals surface area contributed by atoms with Crippen LogP contribution < -0.4 is 20.5 Å². The van der Waals surface area contributed by atoms with Crippen molar-refractivity contribution in [2.75, 3.05) is 37.4 Å². The maximum Gasteiger partial charge on any atom is 0.163 e. The van der Waals surface area contributed by atoms with Gasteiger partial charge in [0.05, 0.1) is 11.4 Å². The second kappa shape index (κ2) is 5.30. The van der Waals surface area contributed by atoms with Crippen LogP contribution in [0.25, 0.3) is 0 Å². The molecular weight excluding hydrogens is 266 g/mol. The molecular formula is C16H23N3O2. The highest BCUT2D eigenvalue weighted by Crippen LogP contribution is 2.38. The summed E-state index contributed by atoms with van der Waals surface area (Å²) in [6.45, 7) is 3.65. The number of rotatable bonds is 2. The monoisotopic (exact) mass is 289 g/mol. The minimum absolute atomic E-state index is 0.496. The van der Waals surface area contributed by atoms with Gasteiger partial charge in [0.15, 0.2) is 11.5 Å². The number of ether oxygens (including phenoxy) is 2. The molecule has 0 spiro atoms. The topological polar surface area (TPSA) is 59.8 Å². The molecule has 3 aliphatic heterocycles. The number of piperidine rings is 1. The van der Waals surface area contributed by atoms with Crippen LogP contribution in [0.2, 0.25) is 0 Å². The summed E-state index contributed by atoms with van der Waals surface area (Å²) in [5.74, 6) is 1.56. The number of nitrogens with two attached hydrogens (primary N) is 1. The third-order valence-corrected chi connectivity index (χ3v) is 4.91. The predicted molar refractivity (Wildman–Crippen MR) is 83.1 cm³/mol. The molecule has 3 N–H and O–H groups in total. The zero-order valence-corrected chi connectivity index (χ0v) is 12.3. The Labute approximate surface area is 125 Å². The van der Waals surface area contributed by atoms with Crippen LogP contribution in [-0.4, -0.2) is 43.3 Å². The molecule has 5 nitrogen and oxygen atoms in total. The van der Waals surface area contributed by atoms with Gasteiger partial charge in [-0.3, -0.25) is 4.90 Å². The summed E-state index contributed by atoms with van der Waals surface area (Å²) in [6, 6.07) is 5.03. The predicted octanol–water partition coefficient (Wildman–Crippen LogP) is 2.08. The van der Waals surface area contributed by atoms with Gasteiger partial charge in [0, 0.05) is 30.8 Å². The fourth-order valence-corrected chi connectivity index (χ4v) is 3.84. The van der Waals surface area contributed by atoms with Crippen LogP contribution in [-0.2, 0) is 0 Å². The molecule has 1 aromatic carbocycles. The van der Waals surface area contributed by atoms with Crippen LogP contribution in [0.5, 0.6) is 11.5 Å². The van der Waals surface area contributed by atoms with E-state index in [0.29, 0.717) is 25.3 Å². The summed E-state index contributed by atoms with van der Waals surface area (Å²) in [5.41, 5.74) is 7.91. The molecule has 0 aliphatic carbocycles. The number of nitrogens with one attached hydrogen (secondary N) is 1. The number of nitrogen functional groups attached to an aromatic ring is 1. The zero-order valence-electron chi connectivity index (χ0n) is 12.3. The fourth-order valence-electron chi connectivity index (χ4n) is 3.84. The van der Waals surface area contributed by atoms with E-state index in [9.17, 15) is 0 Å². The molecule has 0 bridgehead atoms. The highest BCUT2D eigenvalue weighted by Gasteiger charge is 2.35. The Morgan fingerprint density at radius 2 is 1.86 bits per heavy atom. The Bertz CT molecular complexity index is 534. The highest BCUT2D eigenvalue weighted by atomic mass is 16.6. The van der Waals surface area contributed by atoms with Crippen LogP contribution >= 0.6 is 0 Å². The van der Waals surface area contributed by atoms with Gasteiger partial charge in [-0.1, -0.05) is 6.42 Å². The average molecular weight is 289 g/mol. The van der Waals surface area contributed by atoms with E-state index >= 15 is 0 Å². The first kappa shape index (κ1) is 13.1. The molecule has 2 fully saturated rings. The molecule has 2 unspecified atom stereocenters. The summed E-state index contributed by atoms with van der Waals surface area (Å²) >= 11 is 0. The quantitative estimate of drug-likeness (QED) is 0.816. The Hall–Kier alpha value is -1.62. The van der Waals surface area contributed by atoms with Gasteiger partial charge in [-0.05, 0) is 25.8 Å². The molecule has 0 saturated carbocycles. The van der Waals surface area contributed by atoms with E-state index < -0.39 is 0 Å². The first-order valence-corrected chi connectivity index (χ1v) is 8.01. The molecule has 0 aromatic heterocycles. The van der Waals surface area contributed by atoms with Crippen LogP contribution in [0.4, 0.5) is 11.4 Å². The van der Waals surface area contributed by atoms with Crippen molar-refractivity contribution >= 4 is 11.4 Å². The van der Waals surface area contributed by atoms with Crippen LogP contribution in [0, 0.1) is 0 Å². The summed E-state index contributed by atoms with van der Waals surface area (Å²) in [5, 5.41) is 3.66. The van der Waals surface area contributed by atoms with E-state index in [1.807, 2.05) is 12.1 Å². The molecule has 0 radical (unpaired) electrons. The molecule has 2 atom stereocenters. The van der Waals surface area contributed by atoms with E-state index in [0.717, 1.165) is 22.9 Å². The van der Waals surface area contributed by atoms with E-state index in [-0.39, 0.29) is 0 Å². The second-order valence-corrected chi connectivity index (χ2v) is 6.22. The van der Waals surface area contributed by atoms with Crippen LogP contribution in [0.15, 0.2) is 12.1 Å². The third kappa shape index (κ3) is 2.39. The van der Waals surface area contributed by atoms with Crippen molar-refractivity contribution in [3.63, 3.8) is 0 Å². The normalized spacial score (nSPS) is 28.2. The lowest BCUT2D eigenvalue weighted by atomic mass is 9.98. The molecule has 3 heterocycles. The minimum Gasteiger partial charge on any atom is -0.486 e. The molecule has 114 valence electrons. The summed E-state index contributed by atoms with van der Waals surface area (Å²) in [4.78, 5) is 2.62. The number of nitrogens with zero attached hydrogens (tertiary/aromatic N) is 1. The Morgan fingerprint density at radius 3 is 2.71 bits per heavy atom. The van der Waals surface area contributed by atoms with Gasteiger partial charge >= 0.3 is 0 Å². The smallest absolute Gasteiger partial charge is 0.163 e. The lowest BCUT2D eigenvalue weighted by Crippen LogP contribution is -2.41. The number of benzene rings is 1. The molecule has 21 heavy (non-hydrogen) atoms. The number of hydrogen-bond acceptors (Lipinski definition) is 5. The first-order chi connectivity index (χ1) is 10.3. The first-order valence-electron chi connectivity index (χ1n) is 8.01. The average Bonchev–Trinajstić information content (AvgIpc) is 2.91. The molecule has 3 aliphatic rings. The van der Waals surface area contributed by atoms with E-state index in [2.05, 4.69) is 10.2 Å². The van der Waals surface area contributed by atoms with Gasteiger partial charge in [-0.15, -0.1) is 0 Å². The van der Waals surface area contributed by atoms with E-state index in [1.54, 1.807) is 0 Å². The van der Waals surface area contributed by atoms with Crippen LogP contribution in [0.1, 0.15) is 25.7 Å². The molecule has 0 amide bonds. The number of anilines is 2. The third-order valence-electron chi connectivity index (χ3n) is 4.91. The van der Waals surface area contributed by atoms with Crippen molar-refractivity contribution in [2.24, 2.45) is 0 Å². The Morgan fingerprint density at radius 1 is 1.05 bits per heavy atom. The highest BCUT2D eigenvalue weighted by molar-refractivity contribution is 5.72. The lowest BCUT2D eigenvalue weighted by Gasteiger charge is -2.33. The minimum atomic E-state index is 0.496. The van der Waals surface area contributed by atoms with Crippen LogP contribution in [0.3, 0.4) is 0 Å². The van der Waals surface area contributed by atoms with Gasteiger partial charge in [0.25, 0.3) is 0 Å². The molecule has 5 heteroatoms. The lowest BCUT2D eigenvalue weighted by molar-refractivity contribution is 0.172. The van der Waals surface area contributed by atoms with Crippen molar-refractivity contribution in [1.29, 1.82) is 0 Å². The molecule has 2 saturated heterocycles. The summed E-state index contributed by atoms with van der Waals surface area (Å²) < 4.78 is 11.2. The maximum absolute atomic E-state index is 6.18. The second-order valence-electron chi connectivity index (χ2n) is 6.22. The van der Waals surface area contributed by atoms with Gasteiger partial charge in [-0.2, -0.15) is 0 Å². The fraction of sp³-hybridized carbons (Fsp3) is 0.625. The standard InChI is InChI=1S/C16H23N3O2/c17-11-9-15-16(21-8-7-20-15)10-13(11)18-12-4-6-19-5-2-1-3-14(12)19/h9-10,12,14,18H,1-8,17H2. The summed E-state index contributed by atoms with van der Waals surface area (Å²) in [6.07, 6.45) is 5.17. The number of fused-ring (bicyclic) bond motifs is 2. The molecule has 4 rings (SSSR count). The molecule has 1 aromatic rings. The zero-order chi connectivity index (χ0) is 14.2. The van der Waals surface area contributed by atoms with Gasteiger partial charge in [-0.25, -0.2) is 0 Å². The van der Waals surface area contributed by atoms with Crippen molar-refractivity contribution < 1.29 is 9.47 Å². The van der Waals surface area contributed by atoms with Crippen molar-refractivity contribution in [3.8, 4) is 11.5 Å². The van der Waals surface area contributed by atoms with Gasteiger partial charge < -0.3 is 20.5 Å². The van der Waals surface area contributed by atoms with Gasteiger partial charge in [0.2, 0.25) is 0 Å². The van der Waals surface area contributed by atoms with E-state index in [4.69, 9.17) is 15.2 Å². The van der Waals surface area contributed by atoms with Gasteiger partial charge in [0.1, 0.15) is 13.2 Å². The van der Waals surface area contributed by atoms with E-state index in [1.165, 1.54) is 38.8 Å². The largest absolute Gasteiger partial charge is 0.486 e.